The quantitative estimate of drug-likeness (QED) is 0.946. The minimum Gasteiger partial charge on any atom is -0.497 e. The van der Waals surface area contributed by atoms with E-state index in [2.05, 4.69) is 5.32 Å². The van der Waals surface area contributed by atoms with Gasteiger partial charge in [0.05, 0.1) is 20.3 Å². The van der Waals surface area contributed by atoms with Crippen molar-refractivity contribution >= 4 is 11.6 Å². The third-order valence-corrected chi connectivity index (χ3v) is 3.34. The first-order valence-electron chi connectivity index (χ1n) is 7.11. The first kappa shape index (κ1) is 14.3. The minimum atomic E-state index is -0.205. The van der Waals surface area contributed by atoms with Crippen LogP contribution in [-0.4, -0.2) is 26.2 Å². The van der Waals surface area contributed by atoms with Gasteiger partial charge < -0.3 is 19.5 Å². The summed E-state index contributed by atoms with van der Waals surface area (Å²) in [6.45, 7) is 1.22. The highest BCUT2D eigenvalue weighted by atomic mass is 16.5. The molecule has 1 heterocycles. The number of carbonyl (C=O) groups is 1. The van der Waals surface area contributed by atoms with Crippen molar-refractivity contribution < 1.29 is 19.0 Å². The average molecular weight is 299 g/mol. The Morgan fingerprint density at radius 3 is 2.73 bits per heavy atom. The maximum absolute atomic E-state index is 12.3. The molecule has 0 aromatic heterocycles. The first-order chi connectivity index (χ1) is 10.8. The van der Waals surface area contributed by atoms with Gasteiger partial charge in [-0.15, -0.1) is 0 Å². The second-order valence-corrected chi connectivity index (χ2v) is 4.90. The van der Waals surface area contributed by atoms with Gasteiger partial charge in [0, 0.05) is 23.7 Å². The van der Waals surface area contributed by atoms with Gasteiger partial charge in [-0.05, 0) is 30.3 Å². The van der Waals surface area contributed by atoms with Gasteiger partial charge in [-0.3, -0.25) is 4.79 Å². The summed E-state index contributed by atoms with van der Waals surface area (Å²) in [6, 6.07) is 12.4. The van der Waals surface area contributed by atoms with E-state index >= 15 is 0 Å². The molecule has 0 bridgehead atoms. The first-order valence-corrected chi connectivity index (χ1v) is 7.11. The smallest absolute Gasteiger partial charge is 0.255 e. The van der Waals surface area contributed by atoms with Gasteiger partial charge in [0.25, 0.3) is 5.91 Å². The molecule has 114 valence electrons. The van der Waals surface area contributed by atoms with Crippen LogP contribution in [0.4, 0.5) is 5.69 Å². The second-order valence-electron chi connectivity index (χ2n) is 4.90. The van der Waals surface area contributed by atoms with Gasteiger partial charge in [-0.1, -0.05) is 6.07 Å². The third-order valence-electron chi connectivity index (χ3n) is 3.34. The van der Waals surface area contributed by atoms with Gasteiger partial charge in [-0.25, -0.2) is 0 Å². The molecule has 3 rings (SSSR count). The topological polar surface area (TPSA) is 56.8 Å². The molecule has 1 amide bonds. The molecule has 5 heteroatoms. The molecule has 0 saturated carbocycles. The lowest BCUT2D eigenvalue weighted by Crippen LogP contribution is -2.12. The summed E-state index contributed by atoms with van der Waals surface area (Å²) < 4.78 is 16.3. The summed E-state index contributed by atoms with van der Waals surface area (Å²) in [4.78, 5) is 12.3. The van der Waals surface area contributed by atoms with Gasteiger partial charge in [-0.2, -0.15) is 0 Å². The summed E-state index contributed by atoms with van der Waals surface area (Å²) in [5.74, 6) is 1.77. The Morgan fingerprint density at radius 1 is 1.09 bits per heavy atom. The average Bonchev–Trinajstić information content (AvgIpc) is 2.79. The lowest BCUT2D eigenvalue weighted by Gasteiger charge is -2.10. The molecule has 0 aliphatic carbocycles. The molecular formula is C17H17NO4. The van der Waals surface area contributed by atoms with Crippen LogP contribution in [0, 0.1) is 0 Å². The number of hydrogen-bond acceptors (Lipinski definition) is 4. The highest BCUT2D eigenvalue weighted by Crippen LogP contribution is 2.30. The monoisotopic (exact) mass is 299 g/mol. The number of methoxy groups -OCH3 is 1. The fourth-order valence-electron chi connectivity index (χ4n) is 2.21. The summed E-state index contributed by atoms with van der Waals surface area (Å²) in [5, 5.41) is 2.84. The standard InChI is InChI=1S/C17H17NO4/c1-20-14-5-2-4-13(11-14)18-17(19)12-6-7-15-16(10-12)22-9-3-8-21-15/h2,4-7,10-11H,3,8-9H2,1H3,(H,18,19). The molecule has 1 N–H and O–H groups in total. The Balaban J connectivity index is 1.78. The normalized spacial score (nSPS) is 13.1. The Morgan fingerprint density at radius 2 is 1.91 bits per heavy atom. The van der Waals surface area contributed by atoms with Crippen molar-refractivity contribution in [1.82, 2.24) is 0 Å². The van der Waals surface area contributed by atoms with Crippen molar-refractivity contribution in [2.45, 2.75) is 6.42 Å². The van der Waals surface area contributed by atoms with E-state index in [4.69, 9.17) is 14.2 Å². The van der Waals surface area contributed by atoms with Gasteiger partial charge in [0.2, 0.25) is 0 Å². The van der Waals surface area contributed by atoms with Crippen LogP contribution in [-0.2, 0) is 0 Å². The predicted molar refractivity (Wildman–Crippen MR) is 83.0 cm³/mol. The van der Waals surface area contributed by atoms with Gasteiger partial charge in [0.15, 0.2) is 11.5 Å². The zero-order valence-electron chi connectivity index (χ0n) is 12.3. The number of carbonyl (C=O) groups excluding carboxylic acids is 1. The summed E-state index contributed by atoms with van der Waals surface area (Å²) in [5.41, 5.74) is 1.20. The Labute approximate surface area is 128 Å². The fraction of sp³-hybridized carbons (Fsp3) is 0.235. The maximum atomic E-state index is 12.3. The summed E-state index contributed by atoms with van der Waals surface area (Å²) in [7, 11) is 1.59. The van der Waals surface area contributed by atoms with Gasteiger partial charge in [0.1, 0.15) is 5.75 Å². The molecule has 2 aromatic carbocycles. The van der Waals surface area contributed by atoms with Gasteiger partial charge >= 0.3 is 0 Å². The van der Waals surface area contributed by atoms with E-state index in [1.54, 1.807) is 31.4 Å². The molecule has 1 aliphatic rings. The number of amides is 1. The molecule has 0 fully saturated rings. The lowest BCUT2D eigenvalue weighted by molar-refractivity contribution is 0.102. The molecule has 0 unspecified atom stereocenters. The van der Waals surface area contributed by atoms with Crippen LogP contribution < -0.4 is 19.5 Å². The van der Waals surface area contributed by atoms with Crippen LogP contribution in [0.25, 0.3) is 0 Å². The predicted octanol–water partition coefficient (Wildman–Crippen LogP) is 3.11. The Hall–Kier alpha value is -2.69. The number of nitrogens with one attached hydrogen (secondary N) is 1. The lowest BCUT2D eigenvalue weighted by atomic mass is 10.2. The molecule has 0 atom stereocenters. The van der Waals surface area contributed by atoms with Crippen molar-refractivity contribution in [1.29, 1.82) is 0 Å². The minimum absolute atomic E-state index is 0.205. The fourth-order valence-corrected chi connectivity index (χ4v) is 2.21. The number of fused-ring (bicyclic) bond motifs is 1. The van der Waals surface area contributed by atoms with Crippen molar-refractivity contribution in [2.24, 2.45) is 0 Å². The van der Waals surface area contributed by atoms with Crippen LogP contribution in [0.15, 0.2) is 42.5 Å². The van der Waals surface area contributed by atoms with E-state index in [9.17, 15) is 4.79 Å². The summed E-state index contributed by atoms with van der Waals surface area (Å²) >= 11 is 0. The largest absolute Gasteiger partial charge is 0.497 e. The number of anilines is 1. The van der Waals surface area contributed by atoms with Crippen LogP contribution in [0.1, 0.15) is 16.8 Å². The van der Waals surface area contributed by atoms with E-state index in [1.807, 2.05) is 18.2 Å². The number of hydrogen-bond donors (Lipinski definition) is 1. The number of rotatable bonds is 3. The zero-order valence-corrected chi connectivity index (χ0v) is 12.3. The van der Waals surface area contributed by atoms with Crippen molar-refractivity contribution in [3.8, 4) is 17.2 Å². The van der Waals surface area contributed by atoms with Crippen molar-refractivity contribution in [2.75, 3.05) is 25.6 Å². The van der Waals surface area contributed by atoms with Crippen LogP contribution in [0.3, 0.4) is 0 Å². The third kappa shape index (κ3) is 3.14. The second kappa shape index (κ2) is 6.39. The SMILES string of the molecule is COc1cccc(NC(=O)c2ccc3c(c2)OCCCO3)c1. The van der Waals surface area contributed by atoms with Crippen molar-refractivity contribution in [3.05, 3.63) is 48.0 Å². The molecule has 5 nitrogen and oxygen atoms in total. The van der Waals surface area contributed by atoms with E-state index in [1.165, 1.54) is 0 Å². The molecule has 0 radical (unpaired) electrons. The van der Waals surface area contributed by atoms with E-state index in [0.717, 1.165) is 6.42 Å². The molecule has 0 spiro atoms. The van der Waals surface area contributed by atoms with E-state index < -0.39 is 0 Å². The highest BCUT2D eigenvalue weighted by Gasteiger charge is 2.14. The van der Waals surface area contributed by atoms with Crippen molar-refractivity contribution in [3.63, 3.8) is 0 Å². The molecule has 0 saturated heterocycles. The molecular weight excluding hydrogens is 282 g/mol. The zero-order chi connectivity index (χ0) is 15.4. The van der Waals surface area contributed by atoms with Crippen LogP contribution in [0.5, 0.6) is 17.2 Å². The number of benzene rings is 2. The van der Waals surface area contributed by atoms with Crippen LogP contribution >= 0.6 is 0 Å². The Kier molecular flexibility index (Phi) is 4.14. The highest BCUT2D eigenvalue weighted by molar-refractivity contribution is 6.04. The van der Waals surface area contributed by atoms with Crippen LogP contribution in [0.2, 0.25) is 0 Å². The molecule has 22 heavy (non-hydrogen) atoms. The van der Waals surface area contributed by atoms with E-state index in [-0.39, 0.29) is 5.91 Å². The molecule has 1 aliphatic heterocycles. The maximum Gasteiger partial charge on any atom is 0.255 e. The number of ether oxygens (including phenoxy) is 3. The van der Waals surface area contributed by atoms with E-state index in [0.29, 0.717) is 41.7 Å². The molecule has 2 aromatic rings. The Bertz CT molecular complexity index is 684. The summed E-state index contributed by atoms with van der Waals surface area (Å²) in [6.07, 6.45) is 0.833.